The van der Waals surface area contributed by atoms with Gasteiger partial charge in [0.2, 0.25) is 0 Å². The molecule has 1 aliphatic carbocycles. The normalized spacial score (nSPS) is 17.9. The molecule has 0 aromatic heterocycles. The molecule has 1 saturated carbocycles. The van der Waals surface area contributed by atoms with Crippen molar-refractivity contribution in [2.75, 3.05) is 6.54 Å². The Morgan fingerprint density at radius 1 is 1.19 bits per heavy atom. The summed E-state index contributed by atoms with van der Waals surface area (Å²) in [7, 11) is 0. The fourth-order valence-electron chi connectivity index (χ4n) is 3.15. The van der Waals surface area contributed by atoms with E-state index < -0.39 is 0 Å². The monoisotopic (exact) mass is 305 g/mol. The van der Waals surface area contributed by atoms with E-state index in [1.807, 2.05) is 12.1 Å². The molecule has 0 bridgehead atoms. The molecule has 1 atom stereocenters. The third-order valence-electron chi connectivity index (χ3n) is 4.68. The smallest absolute Gasteiger partial charge is 0.0406 e. The lowest BCUT2D eigenvalue weighted by Gasteiger charge is -2.28. The van der Waals surface area contributed by atoms with Crippen molar-refractivity contribution in [3.05, 3.63) is 47.0 Å². The standard InChI is InChI=1S/C19H28ClN/c1-14(2)15(3)19(16-9-11-17(20)12-10-16)13-21-18-7-5-4-6-8-18/h9-12,14,18-19,21H,3-8,13H2,1-2H3/t19-/m0/s1. The van der Waals surface area contributed by atoms with Gasteiger partial charge < -0.3 is 5.32 Å². The second-order valence-corrected chi connectivity index (χ2v) is 7.01. The van der Waals surface area contributed by atoms with Crippen molar-refractivity contribution in [3.8, 4) is 0 Å². The Kier molecular flexibility index (Phi) is 6.32. The molecule has 0 heterocycles. The summed E-state index contributed by atoms with van der Waals surface area (Å²) in [4.78, 5) is 0. The van der Waals surface area contributed by atoms with Gasteiger partial charge in [-0.25, -0.2) is 0 Å². The molecule has 0 radical (unpaired) electrons. The van der Waals surface area contributed by atoms with Crippen molar-refractivity contribution in [2.24, 2.45) is 5.92 Å². The number of halogens is 1. The molecular weight excluding hydrogens is 278 g/mol. The van der Waals surface area contributed by atoms with Crippen LogP contribution in [0.5, 0.6) is 0 Å². The van der Waals surface area contributed by atoms with Gasteiger partial charge in [0.05, 0.1) is 0 Å². The zero-order valence-corrected chi connectivity index (χ0v) is 14.1. The number of hydrogen-bond acceptors (Lipinski definition) is 1. The summed E-state index contributed by atoms with van der Waals surface area (Å²) in [5.74, 6) is 0.878. The molecule has 1 aromatic rings. The fourth-order valence-corrected chi connectivity index (χ4v) is 3.28. The maximum absolute atomic E-state index is 6.02. The molecule has 0 saturated heterocycles. The van der Waals surface area contributed by atoms with E-state index in [1.54, 1.807) is 0 Å². The second-order valence-electron chi connectivity index (χ2n) is 6.58. The zero-order valence-electron chi connectivity index (χ0n) is 13.4. The first-order chi connectivity index (χ1) is 10.1. The minimum atomic E-state index is 0.379. The highest BCUT2D eigenvalue weighted by Crippen LogP contribution is 2.29. The Balaban J connectivity index is 2.04. The van der Waals surface area contributed by atoms with Crippen LogP contribution in [0.4, 0.5) is 0 Å². The largest absolute Gasteiger partial charge is 0.313 e. The van der Waals surface area contributed by atoms with Crippen LogP contribution in [-0.2, 0) is 0 Å². The van der Waals surface area contributed by atoms with E-state index in [9.17, 15) is 0 Å². The van der Waals surface area contributed by atoms with Crippen molar-refractivity contribution < 1.29 is 0 Å². The van der Waals surface area contributed by atoms with Crippen LogP contribution < -0.4 is 5.32 Å². The number of hydrogen-bond donors (Lipinski definition) is 1. The fraction of sp³-hybridized carbons (Fsp3) is 0.579. The Hall–Kier alpha value is -0.790. The SMILES string of the molecule is C=C(C(C)C)[C@H](CNC1CCCCC1)c1ccc(Cl)cc1. The molecule has 0 amide bonds. The van der Waals surface area contributed by atoms with Crippen molar-refractivity contribution in [1.29, 1.82) is 0 Å². The minimum Gasteiger partial charge on any atom is -0.313 e. The summed E-state index contributed by atoms with van der Waals surface area (Å²) in [5, 5.41) is 4.58. The second kappa shape index (κ2) is 8.00. The number of benzene rings is 1. The van der Waals surface area contributed by atoms with E-state index in [0.29, 0.717) is 17.9 Å². The molecule has 1 fully saturated rings. The zero-order chi connectivity index (χ0) is 15.2. The van der Waals surface area contributed by atoms with Gasteiger partial charge in [-0.2, -0.15) is 0 Å². The highest BCUT2D eigenvalue weighted by Gasteiger charge is 2.20. The Labute approximate surface area is 134 Å². The van der Waals surface area contributed by atoms with Crippen molar-refractivity contribution in [3.63, 3.8) is 0 Å². The van der Waals surface area contributed by atoms with Crippen LogP contribution in [0, 0.1) is 5.92 Å². The van der Waals surface area contributed by atoms with Crippen LogP contribution in [0.25, 0.3) is 0 Å². The van der Waals surface area contributed by atoms with Gasteiger partial charge in [0.15, 0.2) is 0 Å². The topological polar surface area (TPSA) is 12.0 Å². The van der Waals surface area contributed by atoms with Crippen LogP contribution >= 0.6 is 11.6 Å². The van der Waals surface area contributed by atoms with Gasteiger partial charge in [-0.1, -0.05) is 69.0 Å². The van der Waals surface area contributed by atoms with Gasteiger partial charge in [-0.3, -0.25) is 0 Å². The van der Waals surface area contributed by atoms with Gasteiger partial charge in [0.25, 0.3) is 0 Å². The predicted octanol–water partition coefficient (Wildman–Crippen LogP) is 5.56. The third kappa shape index (κ3) is 4.86. The molecule has 116 valence electrons. The first-order valence-corrected chi connectivity index (χ1v) is 8.63. The van der Waals surface area contributed by atoms with Crippen LogP contribution in [-0.4, -0.2) is 12.6 Å². The van der Waals surface area contributed by atoms with Gasteiger partial charge in [-0.15, -0.1) is 0 Å². The summed E-state index contributed by atoms with van der Waals surface area (Å²) in [6, 6.07) is 8.94. The lowest BCUT2D eigenvalue weighted by molar-refractivity contribution is 0.367. The van der Waals surface area contributed by atoms with Gasteiger partial charge in [-0.05, 0) is 36.5 Å². The average molecular weight is 306 g/mol. The lowest BCUT2D eigenvalue weighted by atomic mass is 9.85. The molecule has 1 aromatic carbocycles. The lowest BCUT2D eigenvalue weighted by Crippen LogP contribution is -2.35. The van der Waals surface area contributed by atoms with E-state index in [-0.39, 0.29) is 0 Å². The highest BCUT2D eigenvalue weighted by molar-refractivity contribution is 6.30. The van der Waals surface area contributed by atoms with Crippen LogP contribution in [0.3, 0.4) is 0 Å². The Morgan fingerprint density at radius 2 is 1.81 bits per heavy atom. The minimum absolute atomic E-state index is 0.379. The average Bonchev–Trinajstić information content (AvgIpc) is 2.50. The highest BCUT2D eigenvalue weighted by atomic mass is 35.5. The van der Waals surface area contributed by atoms with Crippen molar-refractivity contribution >= 4 is 11.6 Å². The summed E-state index contributed by atoms with van der Waals surface area (Å²) in [5.41, 5.74) is 2.63. The molecule has 0 unspecified atom stereocenters. The summed E-state index contributed by atoms with van der Waals surface area (Å²) in [6.45, 7) is 9.79. The van der Waals surface area contributed by atoms with Crippen molar-refractivity contribution in [2.45, 2.75) is 57.9 Å². The summed E-state index contributed by atoms with van der Waals surface area (Å²) >= 11 is 6.02. The Bertz CT molecular complexity index is 443. The van der Waals surface area contributed by atoms with Gasteiger partial charge in [0, 0.05) is 23.5 Å². The predicted molar refractivity (Wildman–Crippen MR) is 93.0 cm³/mol. The third-order valence-corrected chi connectivity index (χ3v) is 4.93. The Morgan fingerprint density at radius 3 is 2.38 bits per heavy atom. The van der Waals surface area contributed by atoms with E-state index in [4.69, 9.17) is 11.6 Å². The molecule has 0 aliphatic heterocycles. The quantitative estimate of drug-likeness (QED) is 0.679. The molecule has 21 heavy (non-hydrogen) atoms. The molecule has 1 aliphatic rings. The molecule has 2 heteroatoms. The van der Waals surface area contributed by atoms with Gasteiger partial charge in [0.1, 0.15) is 0 Å². The number of rotatable bonds is 6. The molecule has 0 spiro atoms. The van der Waals surface area contributed by atoms with Crippen molar-refractivity contribution in [1.82, 2.24) is 5.32 Å². The van der Waals surface area contributed by atoms with Crippen LogP contribution in [0.2, 0.25) is 5.02 Å². The van der Waals surface area contributed by atoms with Crippen LogP contribution in [0.1, 0.15) is 57.4 Å². The molecule has 2 rings (SSSR count). The van der Waals surface area contributed by atoms with E-state index in [2.05, 4.69) is 37.9 Å². The number of nitrogens with one attached hydrogen (secondary N) is 1. The summed E-state index contributed by atoms with van der Waals surface area (Å²) in [6.07, 6.45) is 6.78. The first kappa shape index (κ1) is 16.6. The first-order valence-electron chi connectivity index (χ1n) is 8.25. The van der Waals surface area contributed by atoms with Crippen LogP contribution in [0.15, 0.2) is 36.4 Å². The molecular formula is C19H28ClN. The van der Waals surface area contributed by atoms with E-state index in [1.165, 1.54) is 43.2 Å². The molecule has 1 nitrogen and oxygen atoms in total. The maximum atomic E-state index is 6.02. The maximum Gasteiger partial charge on any atom is 0.0406 e. The van der Waals surface area contributed by atoms with Gasteiger partial charge >= 0.3 is 0 Å². The molecule has 1 N–H and O–H groups in total. The van der Waals surface area contributed by atoms with E-state index >= 15 is 0 Å². The summed E-state index contributed by atoms with van der Waals surface area (Å²) < 4.78 is 0. The van der Waals surface area contributed by atoms with E-state index in [0.717, 1.165) is 11.6 Å².